The quantitative estimate of drug-likeness (QED) is 0.682. The van der Waals surface area contributed by atoms with Crippen molar-refractivity contribution in [2.45, 2.75) is 19.9 Å². The van der Waals surface area contributed by atoms with Crippen LogP contribution in [0.3, 0.4) is 0 Å². The second-order valence-corrected chi connectivity index (χ2v) is 3.95. The monoisotopic (exact) mass is 175 g/mol. The highest BCUT2D eigenvalue weighted by Gasteiger charge is 2.24. The molecule has 1 aliphatic rings. The van der Waals surface area contributed by atoms with Crippen molar-refractivity contribution in [1.29, 1.82) is 0 Å². The van der Waals surface area contributed by atoms with Gasteiger partial charge in [0.2, 0.25) is 0 Å². The Morgan fingerprint density at radius 3 is 2.54 bits per heavy atom. The van der Waals surface area contributed by atoms with E-state index in [-0.39, 0.29) is 0 Å². The summed E-state index contributed by atoms with van der Waals surface area (Å²) in [4.78, 5) is 2.52. The fraction of sp³-hybridized carbons (Fsp3) is 0.500. The zero-order valence-corrected chi connectivity index (χ0v) is 8.24. The molecule has 1 saturated heterocycles. The molecule has 2 rings (SSSR count). The highest BCUT2D eigenvalue weighted by Crippen LogP contribution is 2.20. The lowest BCUT2D eigenvalue weighted by molar-refractivity contribution is 0.0899. The number of rotatable bonds is 3. The van der Waals surface area contributed by atoms with Crippen LogP contribution in [0.5, 0.6) is 0 Å². The summed E-state index contributed by atoms with van der Waals surface area (Å²) < 4.78 is 0. The van der Waals surface area contributed by atoms with Gasteiger partial charge in [0.25, 0.3) is 0 Å². The number of hydrogen-bond acceptors (Lipinski definition) is 1. The summed E-state index contributed by atoms with van der Waals surface area (Å²) in [5.41, 5.74) is 1.44. The van der Waals surface area contributed by atoms with E-state index in [2.05, 4.69) is 42.2 Å². The van der Waals surface area contributed by atoms with Gasteiger partial charge in [0.05, 0.1) is 0 Å². The van der Waals surface area contributed by atoms with Gasteiger partial charge < -0.3 is 0 Å². The maximum absolute atomic E-state index is 2.52. The Kier molecular flexibility index (Phi) is 2.65. The van der Waals surface area contributed by atoms with Crippen LogP contribution >= 0.6 is 0 Å². The van der Waals surface area contributed by atoms with Gasteiger partial charge in [0.1, 0.15) is 0 Å². The number of nitrogens with zero attached hydrogens (tertiary/aromatic N) is 1. The highest BCUT2D eigenvalue weighted by atomic mass is 15.2. The average Bonchev–Trinajstić information content (AvgIpc) is 2.12. The molecule has 1 nitrogen and oxygen atoms in total. The molecule has 0 N–H and O–H groups in total. The van der Waals surface area contributed by atoms with Gasteiger partial charge in [-0.25, -0.2) is 0 Å². The van der Waals surface area contributed by atoms with Gasteiger partial charge in [-0.1, -0.05) is 43.7 Å². The van der Waals surface area contributed by atoms with Crippen molar-refractivity contribution >= 4 is 0 Å². The van der Waals surface area contributed by atoms with E-state index in [1.54, 1.807) is 0 Å². The molecule has 0 atom stereocenters. The van der Waals surface area contributed by atoms with Crippen molar-refractivity contribution in [3.63, 3.8) is 0 Å². The van der Waals surface area contributed by atoms with Crippen molar-refractivity contribution in [3.05, 3.63) is 35.9 Å². The van der Waals surface area contributed by atoms with Crippen molar-refractivity contribution in [2.24, 2.45) is 5.92 Å². The third-order valence-corrected chi connectivity index (χ3v) is 2.86. The van der Waals surface area contributed by atoms with Gasteiger partial charge in [-0.15, -0.1) is 0 Å². The Balaban J connectivity index is 1.81. The number of likely N-dealkylation sites (tertiary alicyclic amines) is 1. The first-order valence-electron chi connectivity index (χ1n) is 5.14. The van der Waals surface area contributed by atoms with Gasteiger partial charge >= 0.3 is 0 Å². The van der Waals surface area contributed by atoms with Gasteiger partial charge in [-0.05, 0) is 11.5 Å². The minimum absolute atomic E-state index is 0.962. The molecule has 1 heteroatoms. The molecule has 13 heavy (non-hydrogen) atoms. The smallest absolute Gasteiger partial charge is 0.0233 e. The normalized spacial score (nSPS) is 18.5. The highest BCUT2D eigenvalue weighted by molar-refractivity contribution is 5.14. The third-order valence-electron chi connectivity index (χ3n) is 2.86. The molecule has 0 bridgehead atoms. The summed E-state index contributed by atoms with van der Waals surface area (Å²) in [6.07, 6.45) is 1.34. The van der Waals surface area contributed by atoms with Gasteiger partial charge in [0, 0.05) is 19.6 Å². The predicted molar refractivity (Wildman–Crippen MR) is 55.5 cm³/mol. The largest absolute Gasteiger partial charge is 0.298 e. The predicted octanol–water partition coefficient (Wildman–Crippen LogP) is 2.53. The van der Waals surface area contributed by atoms with Gasteiger partial charge in [0.15, 0.2) is 0 Å². The Morgan fingerprint density at radius 1 is 1.23 bits per heavy atom. The molecular formula is C12H17N. The van der Waals surface area contributed by atoms with Crippen molar-refractivity contribution < 1.29 is 0 Å². The maximum atomic E-state index is 2.52. The first kappa shape index (κ1) is 8.76. The van der Waals surface area contributed by atoms with Crippen LogP contribution in [0.4, 0.5) is 0 Å². The summed E-state index contributed by atoms with van der Waals surface area (Å²) in [6.45, 7) is 6.01. The second-order valence-electron chi connectivity index (χ2n) is 3.95. The average molecular weight is 175 g/mol. The Morgan fingerprint density at radius 2 is 1.92 bits per heavy atom. The van der Waals surface area contributed by atoms with Crippen LogP contribution in [0.2, 0.25) is 0 Å². The second kappa shape index (κ2) is 3.93. The van der Waals surface area contributed by atoms with Crippen LogP contribution in [-0.2, 0) is 6.54 Å². The Hall–Kier alpha value is -0.820. The SMILES string of the molecule is CCC1CN(Cc2ccccc2)C1. The molecule has 1 aliphatic heterocycles. The molecular weight excluding hydrogens is 158 g/mol. The van der Waals surface area contributed by atoms with E-state index < -0.39 is 0 Å². The molecule has 0 radical (unpaired) electrons. The molecule has 0 unspecified atom stereocenters. The zero-order chi connectivity index (χ0) is 9.10. The van der Waals surface area contributed by atoms with E-state index in [9.17, 15) is 0 Å². The maximum Gasteiger partial charge on any atom is 0.0233 e. The lowest BCUT2D eigenvalue weighted by Gasteiger charge is -2.38. The fourth-order valence-electron chi connectivity index (χ4n) is 1.91. The van der Waals surface area contributed by atoms with E-state index in [0.29, 0.717) is 0 Å². The summed E-state index contributed by atoms with van der Waals surface area (Å²) >= 11 is 0. The van der Waals surface area contributed by atoms with Crippen molar-refractivity contribution in [2.75, 3.05) is 13.1 Å². The molecule has 1 aromatic rings. The van der Waals surface area contributed by atoms with Crippen LogP contribution in [0.15, 0.2) is 30.3 Å². The number of benzene rings is 1. The van der Waals surface area contributed by atoms with E-state index in [4.69, 9.17) is 0 Å². The third kappa shape index (κ3) is 2.10. The first-order chi connectivity index (χ1) is 6.38. The van der Waals surface area contributed by atoms with Gasteiger partial charge in [-0.3, -0.25) is 4.90 Å². The summed E-state index contributed by atoms with van der Waals surface area (Å²) in [5, 5.41) is 0. The van der Waals surface area contributed by atoms with E-state index in [0.717, 1.165) is 12.5 Å². The van der Waals surface area contributed by atoms with Crippen LogP contribution in [-0.4, -0.2) is 18.0 Å². The molecule has 0 aromatic heterocycles. The topological polar surface area (TPSA) is 3.24 Å². The summed E-state index contributed by atoms with van der Waals surface area (Å²) in [6, 6.07) is 10.7. The number of hydrogen-bond donors (Lipinski definition) is 0. The fourth-order valence-corrected chi connectivity index (χ4v) is 1.91. The summed E-state index contributed by atoms with van der Waals surface area (Å²) in [5.74, 6) is 0.962. The molecule has 0 spiro atoms. The van der Waals surface area contributed by atoms with E-state index in [1.807, 2.05) is 0 Å². The van der Waals surface area contributed by atoms with Gasteiger partial charge in [-0.2, -0.15) is 0 Å². The van der Waals surface area contributed by atoms with Crippen LogP contribution < -0.4 is 0 Å². The minimum atomic E-state index is 0.962. The molecule has 1 fully saturated rings. The van der Waals surface area contributed by atoms with E-state index in [1.165, 1.54) is 25.1 Å². The Labute approximate surface area is 80.4 Å². The van der Waals surface area contributed by atoms with Crippen molar-refractivity contribution in [3.8, 4) is 0 Å². The zero-order valence-electron chi connectivity index (χ0n) is 8.24. The minimum Gasteiger partial charge on any atom is -0.298 e. The van der Waals surface area contributed by atoms with Crippen LogP contribution in [0.25, 0.3) is 0 Å². The molecule has 0 aliphatic carbocycles. The Bertz CT molecular complexity index is 249. The van der Waals surface area contributed by atoms with Crippen LogP contribution in [0, 0.1) is 5.92 Å². The van der Waals surface area contributed by atoms with E-state index >= 15 is 0 Å². The lowest BCUT2D eigenvalue weighted by Crippen LogP contribution is -2.45. The molecule has 1 aromatic carbocycles. The first-order valence-corrected chi connectivity index (χ1v) is 5.14. The standard InChI is InChI=1S/C12H17N/c1-2-11-8-13(9-11)10-12-6-4-3-5-7-12/h3-7,11H,2,8-10H2,1H3. The van der Waals surface area contributed by atoms with Crippen LogP contribution in [0.1, 0.15) is 18.9 Å². The summed E-state index contributed by atoms with van der Waals surface area (Å²) in [7, 11) is 0. The molecule has 1 heterocycles. The molecule has 70 valence electrons. The van der Waals surface area contributed by atoms with Crippen molar-refractivity contribution in [1.82, 2.24) is 4.90 Å². The molecule has 0 amide bonds. The lowest BCUT2D eigenvalue weighted by atomic mass is 9.97. The molecule has 0 saturated carbocycles.